The number of hydrogen-bond acceptors (Lipinski definition) is 0. The standard InChI is InChI=1S/2C26H21.2CH3.Si.Zr/c2*1-2-7-18-14-22-13-12-19-8-5-6-11-24(19)26(22)25(15-18)23-16-20-9-3-4-10-21(20)17-23;;;;/h2*3-6,8-17H,2,7H2,1H3;2*1H3;;/q4*-1;;. The molecule has 2 radical (unpaired) electrons. The summed E-state index contributed by atoms with van der Waals surface area (Å²) in [6.45, 7) is 7.56. The summed E-state index contributed by atoms with van der Waals surface area (Å²) in [5.41, 5.74) is 8.22. The summed E-state index contributed by atoms with van der Waals surface area (Å²) >= 11 is 1.36. The van der Waals surface area contributed by atoms with Crippen LogP contribution in [0.15, 0.2) is 170 Å². The molecule has 0 bridgehead atoms. The van der Waals surface area contributed by atoms with E-state index >= 15 is 0 Å². The van der Waals surface area contributed by atoms with E-state index in [9.17, 15) is 0 Å². The van der Waals surface area contributed by atoms with Crippen LogP contribution in [-0.2, 0) is 36.2 Å². The van der Waals surface area contributed by atoms with Crippen molar-refractivity contribution in [2.24, 2.45) is 0 Å². The number of aryl methyl sites for hydroxylation is 2. The van der Waals surface area contributed by atoms with Crippen LogP contribution in [-0.4, -0.2) is 6.88 Å². The third-order valence-corrected chi connectivity index (χ3v) is 10.7. The van der Waals surface area contributed by atoms with Crippen molar-refractivity contribution < 1.29 is 23.3 Å². The van der Waals surface area contributed by atoms with E-state index in [1.807, 2.05) is 0 Å². The van der Waals surface area contributed by atoms with E-state index in [-0.39, 0.29) is 14.9 Å². The average Bonchev–Trinajstić information content (AvgIpc) is 3.86. The Labute approximate surface area is 350 Å². The van der Waals surface area contributed by atoms with Gasteiger partial charge in [0.1, 0.15) is 0 Å². The molecule has 0 amide bonds. The molecular formula is C54H48SiZr-4. The van der Waals surface area contributed by atoms with Gasteiger partial charge in [0.05, 0.1) is 0 Å². The Morgan fingerprint density at radius 1 is 0.411 bits per heavy atom. The maximum atomic E-state index is 3.06. The Hall–Kier alpha value is -4.88. The molecule has 10 aromatic rings. The minimum atomic E-state index is 0. The fourth-order valence-corrected chi connectivity index (χ4v) is 8.35. The molecule has 0 fully saturated rings. The molecule has 0 atom stereocenters. The Morgan fingerprint density at radius 3 is 1.16 bits per heavy atom. The van der Waals surface area contributed by atoms with Gasteiger partial charge in [-0.05, 0) is 55.9 Å². The number of rotatable bonds is 6. The van der Waals surface area contributed by atoms with Gasteiger partial charge in [0.15, 0.2) is 0 Å². The third kappa shape index (κ3) is 8.02. The molecule has 10 rings (SSSR count). The van der Waals surface area contributed by atoms with E-state index in [2.05, 4.69) is 191 Å². The van der Waals surface area contributed by atoms with Gasteiger partial charge in [-0.1, -0.05) is 182 Å². The topological polar surface area (TPSA) is 0 Å². The first-order chi connectivity index (χ1) is 26.7. The van der Waals surface area contributed by atoms with E-state index < -0.39 is 0 Å². The van der Waals surface area contributed by atoms with Gasteiger partial charge in [-0.3, -0.25) is 0 Å². The van der Waals surface area contributed by atoms with Gasteiger partial charge < -0.3 is 14.9 Å². The monoisotopic (exact) mass is 814 g/mol. The molecule has 0 N–H and O–H groups in total. The molecule has 0 aromatic heterocycles. The second-order valence-corrected chi connectivity index (χ2v) is 14.3. The van der Waals surface area contributed by atoms with Gasteiger partial charge in [-0.2, -0.15) is 0 Å². The van der Waals surface area contributed by atoms with Crippen molar-refractivity contribution in [3.8, 4) is 22.3 Å². The minimum absolute atomic E-state index is 0. The second-order valence-electron chi connectivity index (χ2n) is 14.3. The molecule has 10 aromatic carbocycles. The molecule has 0 aliphatic carbocycles. The fourth-order valence-electron chi connectivity index (χ4n) is 8.35. The summed E-state index contributed by atoms with van der Waals surface area (Å²) in [5, 5.41) is 16.0. The molecule has 0 saturated carbocycles. The third-order valence-electron chi connectivity index (χ3n) is 10.7. The van der Waals surface area contributed by atoms with Crippen LogP contribution in [0.5, 0.6) is 0 Å². The Morgan fingerprint density at radius 2 is 0.768 bits per heavy atom. The van der Waals surface area contributed by atoms with Crippen molar-refractivity contribution in [2.75, 3.05) is 0 Å². The van der Waals surface area contributed by atoms with Crippen molar-refractivity contribution in [1.82, 2.24) is 0 Å². The van der Waals surface area contributed by atoms with E-state index in [1.54, 1.807) is 0 Å². The molecule has 56 heavy (non-hydrogen) atoms. The molecule has 276 valence electrons. The second kappa shape index (κ2) is 18.4. The van der Waals surface area contributed by atoms with Gasteiger partial charge in [-0.25, -0.2) is 0 Å². The van der Waals surface area contributed by atoms with Gasteiger partial charge in [0, 0.05) is 0 Å². The van der Waals surface area contributed by atoms with Crippen LogP contribution in [0.3, 0.4) is 0 Å². The predicted molar refractivity (Wildman–Crippen MR) is 247 cm³/mol. The quantitative estimate of drug-likeness (QED) is 0.0891. The number of benzene rings is 8. The Kier molecular flexibility index (Phi) is 13.4. The molecule has 0 nitrogen and oxygen atoms in total. The first kappa shape index (κ1) is 40.8. The van der Waals surface area contributed by atoms with Crippen LogP contribution in [0.25, 0.3) is 86.9 Å². The zero-order chi connectivity index (χ0) is 37.0. The summed E-state index contributed by atoms with van der Waals surface area (Å²) < 4.78 is 0. The van der Waals surface area contributed by atoms with Crippen LogP contribution in [0.1, 0.15) is 37.8 Å². The Bertz CT molecular complexity index is 2640. The zero-order valence-corrected chi connectivity index (χ0v) is 36.5. The summed E-state index contributed by atoms with van der Waals surface area (Å²) in [4.78, 5) is 0. The molecule has 0 aliphatic heterocycles. The molecule has 0 spiro atoms. The van der Waals surface area contributed by atoms with Crippen LogP contribution < -0.4 is 0 Å². The van der Waals surface area contributed by atoms with Crippen LogP contribution in [0.2, 0.25) is 0 Å². The molecule has 0 saturated heterocycles. The van der Waals surface area contributed by atoms with Gasteiger partial charge in [-0.15, -0.1) is 69.1 Å². The predicted octanol–water partition coefficient (Wildman–Crippen LogP) is 15.5. The van der Waals surface area contributed by atoms with Crippen molar-refractivity contribution in [1.29, 1.82) is 0 Å². The van der Waals surface area contributed by atoms with E-state index in [0.29, 0.717) is 0 Å². The summed E-state index contributed by atoms with van der Waals surface area (Å²) in [6.07, 6.45) is 4.58. The first-order valence-corrected chi connectivity index (χ1v) is 23.3. The summed E-state index contributed by atoms with van der Waals surface area (Å²) in [7, 11) is 0. The molecule has 0 aliphatic rings. The van der Waals surface area contributed by atoms with E-state index in [0.717, 1.165) is 12.8 Å². The first-order valence-electron chi connectivity index (χ1n) is 19.1. The van der Waals surface area contributed by atoms with Crippen molar-refractivity contribution in [3.05, 3.63) is 196 Å². The van der Waals surface area contributed by atoms with Crippen LogP contribution in [0.4, 0.5) is 0 Å². The van der Waals surface area contributed by atoms with Gasteiger partial charge in [0.25, 0.3) is 0 Å². The van der Waals surface area contributed by atoms with Crippen LogP contribution >= 0.6 is 0 Å². The van der Waals surface area contributed by atoms with E-state index in [1.165, 1.54) is 134 Å². The van der Waals surface area contributed by atoms with Crippen molar-refractivity contribution >= 4 is 71.5 Å². The van der Waals surface area contributed by atoms with Crippen molar-refractivity contribution in [2.45, 2.75) is 39.5 Å². The van der Waals surface area contributed by atoms with Gasteiger partial charge >= 0.3 is 30.2 Å². The number of hydrogen-bond donors (Lipinski definition) is 0. The summed E-state index contributed by atoms with van der Waals surface area (Å²) in [5.74, 6) is 0. The molecule has 2 heteroatoms. The van der Waals surface area contributed by atoms with Gasteiger partial charge in [0.2, 0.25) is 0 Å². The van der Waals surface area contributed by atoms with Crippen LogP contribution in [0, 0.1) is 14.9 Å². The normalized spacial score (nSPS) is 10.8. The molecule has 0 heterocycles. The SMILES string of the molecule is CCCc1cc(-c2cc3ccccc3[cH-]2)c2c(ccc3ccccc32)c1.CCCc1cc(-c2cc3ccccc3[cH-]2)c2c(ccc3ccccc32)c1.[CH3-].[CH3-].[Si]=[Zr]. The molecular weight excluding hydrogens is 768 g/mol. The summed E-state index contributed by atoms with van der Waals surface area (Å²) in [6, 6.07) is 62.7. The molecule has 0 unspecified atom stereocenters. The zero-order valence-electron chi connectivity index (χ0n) is 33.0. The average molecular weight is 816 g/mol. The number of fused-ring (bicyclic) bond motifs is 8. The fraction of sp³-hybridized carbons (Fsp3) is 0.111. The van der Waals surface area contributed by atoms with Crippen molar-refractivity contribution in [3.63, 3.8) is 0 Å². The maximum absolute atomic E-state index is 3.06. The Balaban J connectivity index is 0.000000176. The van der Waals surface area contributed by atoms with E-state index in [4.69, 9.17) is 0 Å².